The number of hydrogen-bond acceptors (Lipinski definition) is 4. The molecule has 76 valence electrons. The first-order chi connectivity index (χ1) is 5.86. The second-order valence-corrected chi connectivity index (χ2v) is 4.05. The van der Waals surface area contributed by atoms with E-state index in [0.717, 1.165) is 6.92 Å². The summed E-state index contributed by atoms with van der Waals surface area (Å²) >= 11 is 0. The smallest absolute Gasteiger partial charge is 0.423 e. The minimum absolute atomic E-state index is 0.00231. The van der Waals surface area contributed by atoms with Crippen LogP contribution in [0.15, 0.2) is 0 Å². The molecular formula is C5H8FNO5S. The van der Waals surface area contributed by atoms with E-state index in [1.165, 1.54) is 0 Å². The topological polar surface area (TPSA) is 83.9 Å². The fourth-order valence-electron chi connectivity index (χ4n) is 1.00. The third-order valence-corrected chi connectivity index (χ3v) is 2.99. The van der Waals surface area contributed by atoms with E-state index >= 15 is 0 Å². The van der Waals surface area contributed by atoms with Crippen LogP contribution in [0.2, 0.25) is 0 Å². The van der Waals surface area contributed by atoms with Gasteiger partial charge in [-0.1, -0.05) is 0 Å². The minimum Gasteiger partial charge on any atom is -0.464 e. The van der Waals surface area contributed by atoms with Crippen LogP contribution in [0.3, 0.4) is 0 Å². The molecule has 0 saturated carbocycles. The normalized spacial score (nSPS) is 28.8. The van der Waals surface area contributed by atoms with Crippen molar-refractivity contribution >= 4 is 16.4 Å². The number of alkyl halides is 1. The van der Waals surface area contributed by atoms with Gasteiger partial charge in [-0.05, 0) is 6.92 Å². The van der Waals surface area contributed by atoms with E-state index in [-0.39, 0.29) is 4.31 Å². The molecular weight excluding hydrogens is 205 g/mol. The average molecular weight is 213 g/mol. The van der Waals surface area contributed by atoms with E-state index in [1.54, 1.807) is 0 Å². The van der Waals surface area contributed by atoms with Gasteiger partial charge in [0.25, 0.3) is 0 Å². The number of rotatable bonds is 1. The van der Waals surface area contributed by atoms with Gasteiger partial charge in [0.2, 0.25) is 0 Å². The van der Waals surface area contributed by atoms with E-state index in [9.17, 15) is 17.6 Å². The molecule has 0 unspecified atom stereocenters. The highest BCUT2D eigenvalue weighted by molar-refractivity contribution is 7.85. The van der Waals surface area contributed by atoms with Crippen molar-refractivity contribution in [3.05, 3.63) is 0 Å². The third-order valence-electron chi connectivity index (χ3n) is 1.65. The SMILES string of the molecule is C[C@@H](F)[C@H]1COS(=O)(=O)N1C(=O)O. The summed E-state index contributed by atoms with van der Waals surface area (Å²) in [5, 5.41) is 8.47. The van der Waals surface area contributed by atoms with Gasteiger partial charge >= 0.3 is 16.4 Å². The lowest BCUT2D eigenvalue weighted by atomic mass is 10.2. The lowest BCUT2D eigenvalue weighted by Crippen LogP contribution is -2.42. The zero-order valence-electron chi connectivity index (χ0n) is 6.68. The van der Waals surface area contributed by atoms with Crippen LogP contribution < -0.4 is 0 Å². The van der Waals surface area contributed by atoms with Crippen LogP contribution >= 0.6 is 0 Å². The summed E-state index contributed by atoms with van der Waals surface area (Å²) < 4.78 is 38.6. The number of hydrogen-bond donors (Lipinski definition) is 1. The lowest BCUT2D eigenvalue weighted by molar-refractivity contribution is 0.142. The van der Waals surface area contributed by atoms with E-state index in [1.807, 2.05) is 0 Å². The highest BCUT2D eigenvalue weighted by Crippen LogP contribution is 2.22. The summed E-state index contributed by atoms with van der Waals surface area (Å²) in [6.45, 7) is 0.608. The molecule has 1 amide bonds. The second kappa shape index (κ2) is 3.11. The fourth-order valence-corrected chi connectivity index (χ4v) is 2.18. The van der Waals surface area contributed by atoms with Gasteiger partial charge < -0.3 is 5.11 Å². The van der Waals surface area contributed by atoms with E-state index < -0.39 is 35.2 Å². The standard InChI is InChI=1S/C5H8FNO5S/c1-3(6)4-2-12-13(10,11)7(4)5(8)9/h3-4H,2H2,1H3,(H,8,9)/t3-,4-/m1/s1. The van der Waals surface area contributed by atoms with E-state index in [4.69, 9.17) is 5.11 Å². The average Bonchev–Trinajstić information content (AvgIpc) is 2.24. The van der Waals surface area contributed by atoms with Crippen molar-refractivity contribution < 1.29 is 26.9 Å². The van der Waals surface area contributed by atoms with Crippen molar-refractivity contribution in [2.75, 3.05) is 6.61 Å². The Morgan fingerprint density at radius 3 is 2.62 bits per heavy atom. The highest BCUT2D eigenvalue weighted by Gasteiger charge is 2.45. The van der Waals surface area contributed by atoms with Crippen molar-refractivity contribution in [2.45, 2.75) is 19.1 Å². The summed E-state index contributed by atoms with van der Waals surface area (Å²) in [6, 6.07) is -1.28. The van der Waals surface area contributed by atoms with E-state index in [2.05, 4.69) is 4.18 Å². The Bertz CT molecular complexity index is 313. The van der Waals surface area contributed by atoms with Crippen molar-refractivity contribution in [1.82, 2.24) is 4.31 Å². The van der Waals surface area contributed by atoms with Crippen LogP contribution in [-0.2, 0) is 14.5 Å². The molecule has 0 aliphatic carbocycles. The first kappa shape index (κ1) is 10.2. The summed E-state index contributed by atoms with van der Waals surface area (Å²) in [7, 11) is -4.29. The molecule has 0 aromatic carbocycles. The van der Waals surface area contributed by atoms with Gasteiger partial charge in [0.05, 0.1) is 6.61 Å². The van der Waals surface area contributed by atoms with Crippen LogP contribution in [0, 0.1) is 0 Å². The summed E-state index contributed by atoms with van der Waals surface area (Å²) in [5.41, 5.74) is 0. The molecule has 1 N–H and O–H groups in total. The Morgan fingerprint density at radius 1 is 1.77 bits per heavy atom. The molecule has 13 heavy (non-hydrogen) atoms. The third kappa shape index (κ3) is 1.73. The molecule has 0 bridgehead atoms. The molecule has 1 saturated heterocycles. The number of carbonyl (C=O) groups is 1. The maximum atomic E-state index is 12.7. The lowest BCUT2D eigenvalue weighted by Gasteiger charge is -2.17. The van der Waals surface area contributed by atoms with Crippen molar-refractivity contribution in [1.29, 1.82) is 0 Å². The highest BCUT2D eigenvalue weighted by atomic mass is 32.2. The van der Waals surface area contributed by atoms with Crippen LogP contribution in [0.4, 0.5) is 9.18 Å². The molecule has 2 atom stereocenters. The number of halogens is 1. The van der Waals surface area contributed by atoms with Gasteiger partial charge in [0.1, 0.15) is 12.2 Å². The Hall–Kier alpha value is -0.890. The largest absolute Gasteiger partial charge is 0.464 e. The molecule has 0 aromatic rings. The monoisotopic (exact) mass is 213 g/mol. The van der Waals surface area contributed by atoms with Crippen LogP contribution in [0.25, 0.3) is 0 Å². The van der Waals surface area contributed by atoms with Gasteiger partial charge in [-0.2, -0.15) is 12.7 Å². The number of carboxylic acid groups (broad SMARTS) is 1. The molecule has 1 heterocycles. The molecule has 8 heteroatoms. The molecule has 0 radical (unpaired) electrons. The van der Waals surface area contributed by atoms with Gasteiger partial charge in [0.15, 0.2) is 0 Å². The Labute approximate surface area is 74.2 Å². The molecule has 6 nitrogen and oxygen atoms in total. The summed E-state index contributed by atoms with van der Waals surface area (Å²) in [5.74, 6) is 0. The van der Waals surface area contributed by atoms with Gasteiger partial charge in [0, 0.05) is 0 Å². The molecule has 0 aromatic heterocycles. The molecule has 1 aliphatic rings. The van der Waals surface area contributed by atoms with Crippen molar-refractivity contribution in [3.63, 3.8) is 0 Å². The summed E-state index contributed by atoms with van der Waals surface area (Å²) in [4.78, 5) is 10.4. The zero-order chi connectivity index (χ0) is 10.2. The molecule has 1 aliphatic heterocycles. The van der Waals surface area contributed by atoms with Gasteiger partial charge in [-0.3, -0.25) is 4.18 Å². The minimum atomic E-state index is -4.29. The second-order valence-electron chi connectivity index (χ2n) is 2.57. The zero-order valence-corrected chi connectivity index (χ0v) is 7.49. The number of nitrogens with zero attached hydrogens (tertiary/aromatic N) is 1. The van der Waals surface area contributed by atoms with Gasteiger partial charge in [-0.25, -0.2) is 9.18 Å². The fraction of sp³-hybridized carbons (Fsp3) is 0.800. The first-order valence-electron chi connectivity index (χ1n) is 3.42. The van der Waals surface area contributed by atoms with Crippen LogP contribution in [-0.4, -0.2) is 42.7 Å². The first-order valence-corrected chi connectivity index (χ1v) is 4.78. The Kier molecular flexibility index (Phi) is 2.44. The predicted molar refractivity (Wildman–Crippen MR) is 39.1 cm³/mol. The van der Waals surface area contributed by atoms with Crippen molar-refractivity contribution in [3.8, 4) is 0 Å². The maximum Gasteiger partial charge on any atom is 0.423 e. The maximum absolute atomic E-state index is 12.7. The quantitative estimate of drug-likeness (QED) is 0.661. The Balaban J connectivity index is 3.00. The Morgan fingerprint density at radius 2 is 2.31 bits per heavy atom. The van der Waals surface area contributed by atoms with Crippen molar-refractivity contribution in [2.24, 2.45) is 0 Å². The summed E-state index contributed by atoms with van der Waals surface area (Å²) in [6.07, 6.45) is -3.32. The van der Waals surface area contributed by atoms with Crippen LogP contribution in [0.1, 0.15) is 6.92 Å². The van der Waals surface area contributed by atoms with Crippen LogP contribution in [0.5, 0.6) is 0 Å². The predicted octanol–water partition coefficient (Wildman–Crippen LogP) is -0.0320. The number of amides is 1. The van der Waals surface area contributed by atoms with E-state index in [0.29, 0.717) is 0 Å². The molecule has 1 fully saturated rings. The van der Waals surface area contributed by atoms with Gasteiger partial charge in [-0.15, -0.1) is 0 Å². The molecule has 0 spiro atoms. The molecule has 1 rings (SSSR count).